The lowest BCUT2D eigenvalue weighted by Crippen LogP contribution is -2.43. The van der Waals surface area contributed by atoms with Gasteiger partial charge in [-0.2, -0.15) is 0 Å². The van der Waals surface area contributed by atoms with E-state index in [4.69, 9.17) is 4.74 Å². The second-order valence-corrected chi connectivity index (χ2v) is 5.24. The van der Waals surface area contributed by atoms with Crippen LogP contribution >= 0.6 is 0 Å². The first-order valence-electron chi connectivity index (χ1n) is 6.10. The van der Waals surface area contributed by atoms with E-state index in [-0.39, 0.29) is 5.60 Å². The highest BCUT2D eigenvalue weighted by Crippen LogP contribution is 2.13. The highest BCUT2D eigenvalue weighted by atomic mass is 16.5. The van der Waals surface area contributed by atoms with E-state index < -0.39 is 0 Å². The summed E-state index contributed by atoms with van der Waals surface area (Å²) in [5.41, 5.74) is -0.0151. The van der Waals surface area contributed by atoms with Gasteiger partial charge in [-0.1, -0.05) is 6.92 Å². The highest BCUT2D eigenvalue weighted by Gasteiger charge is 2.23. The summed E-state index contributed by atoms with van der Waals surface area (Å²) in [5.74, 6) is 0.741. The molecule has 3 heteroatoms. The van der Waals surface area contributed by atoms with Crippen LogP contribution in [0, 0.1) is 5.92 Å². The lowest BCUT2D eigenvalue weighted by Gasteiger charge is -2.32. The molecule has 0 bridgehead atoms. The van der Waals surface area contributed by atoms with E-state index in [1.807, 2.05) is 0 Å². The largest absolute Gasteiger partial charge is 0.375 e. The fourth-order valence-electron chi connectivity index (χ4n) is 2.30. The third-order valence-electron chi connectivity index (χ3n) is 2.81. The zero-order valence-corrected chi connectivity index (χ0v) is 10.7. The molecule has 3 nitrogen and oxygen atoms in total. The Hall–Kier alpha value is -0.120. The first kappa shape index (κ1) is 12.9. The van der Waals surface area contributed by atoms with Crippen molar-refractivity contribution in [3.05, 3.63) is 0 Å². The monoisotopic (exact) mass is 214 g/mol. The van der Waals surface area contributed by atoms with Crippen LogP contribution in [0.4, 0.5) is 0 Å². The van der Waals surface area contributed by atoms with Crippen molar-refractivity contribution < 1.29 is 4.74 Å². The minimum absolute atomic E-state index is 0.0151. The molecule has 0 radical (unpaired) electrons. The Labute approximate surface area is 94.2 Å². The third-order valence-corrected chi connectivity index (χ3v) is 2.81. The van der Waals surface area contributed by atoms with Gasteiger partial charge >= 0.3 is 0 Å². The van der Waals surface area contributed by atoms with Crippen LogP contribution in [0.15, 0.2) is 0 Å². The molecule has 1 rings (SSSR count). The van der Waals surface area contributed by atoms with Crippen LogP contribution in [0.3, 0.4) is 0 Å². The molecule has 0 saturated carbocycles. The summed E-state index contributed by atoms with van der Waals surface area (Å²) in [6, 6.07) is 0. The molecule has 1 aliphatic rings. The zero-order chi connectivity index (χ0) is 11.3. The maximum atomic E-state index is 5.75. The summed E-state index contributed by atoms with van der Waals surface area (Å²) in [7, 11) is 0. The van der Waals surface area contributed by atoms with E-state index >= 15 is 0 Å². The molecule has 1 aliphatic heterocycles. The van der Waals surface area contributed by atoms with Gasteiger partial charge in [0.1, 0.15) is 0 Å². The van der Waals surface area contributed by atoms with Crippen LogP contribution < -0.4 is 5.32 Å². The standard InChI is InChI=1S/C12H26N2O/c1-5-15-12(3,4)10-14-7-6-13-8-11(2)9-14/h11,13H,5-10H2,1-4H3. The maximum absolute atomic E-state index is 5.75. The van der Waals surface area contributed by atoms with Crippen LogP contribution in [-0.2, 0) is 4.74 Å². The van der Waals surface area contributed by atoms with Crippen LogP contribution in [-0.4, -0.2) is 49.8 Å². The second kappa shape index (κ2) is 5.83. The van der Waals surface area contributed by atoms with Gasteiger partial charge in [-0.05, 0) is 33.2 Å². The van der Waals surface area contributed by atoms with Crippen molar-refractivity contribution in [2.24, 2.45) is 5.92 Å². The number of nitrogens with zero attached hydrogens (tertiary/aromatic N) is 1. The Morgan fingerprint density at radius 3 is 2.87 bits per heavy atom. The zero-order valence-electron chi connectivity index (χ0n) is 10.7. The van der Waals surface area contributed by atoms with Crippen LogP contribution in [0.5, 0.6) is 0 Å². The van der Waals surface area contributed by atoms with Crippen molar-refractivity contribution >= 4 is 0 Å². The number of nitrogens with one attached hydrogen (secondary N) is 1. The van der Waals surface area contributed by atoms with Gasteiger partial charge in [0.2, 0.25) is 0 Å². The maximum Gasteiger partial charge on any atom is 0.0752 e. The predicted molar refractivity (Wildman–Crippen MR) is 64.2 cm³/mol. The first-order chi connectivity index (χ1) is 7.03. The molecule has 0 aromatic rings. The molecule has 90 valence electrons. The van der Waals surface area contributed by atoms with Crippen LogP contribution in [0.1, 0.15) is 27.7 Å². The predicted octanol–water partition coefficient (Wildman–Crippen LogP) is 1.34. The van der Waals surface area contributed by atoms with E-state index in [9.17, 15) is 0 Å². The third kappa shape index (κ3) is 4.96. The minimum Gasteiger partial charge on any atom is -0.375 e. The summed E-state index contributed by atoms with van der Waals surface area (Å²) >= 11 is 0. The smallest absolute Gasteiger partial charge is 0.0752 e. The fraction of sp³-hybridized carbons (Fsp3) is 1.00. The van der Waals surface area contributed by atoms with Gasteiger partial charge in [0.15, 0.2) is 0 Å². The van der Waals surface area contributed by atoms with Crippen molar-refractivity contribution in [2.45, 2.75) is 33.3 Å². The van der Waals surface area contributed by atoms with Gasteiger partial charge in [-0.25, -0.2) is 0 Å². The number of ether oxygens (including phenoxy) is 1. The van der Waals surface area contributed by atoms with Gasteiger partial charge < -0.3 is 10.1 Å². The molecule has 1 N–H and O–H groups in total. The summed E-state index contributed by atoms with van der Waals surface area (Å²) < 4.78 is 5.75. The Morgan fingerprint density at radius 2 is 2.20 bits per heavy atom. The van der Waals surface area contributed by atoms with E-state index in [2.05, 4.69) is 37.9 Å². The minimum atomic E-state index is -0.0151. The fourth-order valence-corrected chi connectivity index (χ4v) is 2.30. The molecule has 1 unspecified atom stereocenters. The molecule has 15 heavy (non-hydrogen) atoms. The number of rotatable bonds is 4. The quantitative estimate of drug-likeness (QED) is 0.764. The van der Waals surface area contributed by atoms with Crippen LogP contribution in [0.2, 0.25) is 0 Å². The van der Waals surface area contributed by atoms with Gasteiger partial charge in [0.25, 0.3) is 0 Å². The molecule has 1 saturated heterocycles. The van der Waals surface area contributed by atoms with Crippen molar-refractivity contribution in [1.29, 1.82) is 0 Å². The lowest BCUT2D eigenvalue weighted by atomic mass is 10.1. The Morgan fingerprint density at radius 1 is 1.47 bits per heavy atom. The first-order valence-corrected chi connectivity index (χ1v) is 6.10. The van der Waals surface area contributed by atoms with E-state index in [1.165, 1.54) is 6.54 Å². The number of hydrogen-bond donors (Lipinski definition) is 1. The van der Waals surface area contributed by atoms with E-state index in [0.29, 0.717) is 0 Å². The molecule has 1 heterocycles. The summed E-state index contributed by atoms with van der Waals surface area (Å²) in [5, 5.41) is 3.46. The lowest BCUT2D eigenvalue weighted by molar-refractivity contribution is -0.0344. The molecule has 0 aliphatic carbocycles. The van der Waals surface area contributed by atoms with Gasteiger partial charge in [0.05, 0.1) is 5.60 Å². The summed E-state index contributed by atoms with van der Waals surface area (Å²) in [4.78, 5) is 2.51. The van der Waals surface area contributed by atoms with Crippen molar-refractivity contribution in [2.75, 3.05) is 39.3 Å². The molecule has 1 fully saturated rings. The van der Waals surface area contributed by atoms with Crippen molar-refractivity contribution in [3.63, 3.8) is 0 Å². The molecule has 0 aromatic heterocycles. The number of hydrogen-bond acceptors (Lipinski definition) is 3. The van der Waals surface area contributed by atoms with E-state index in [1.54, 1.807) is 0 Å². The topological polar surface area (TPSA) is 24.5 Å². The Kier molecular flexibility index (Phi) is 5.03. The summed E-state index contributed by atoms with van der Waals surface area (Å²) in [6.45, 7) is 15.1. The average Bonchev–Trinajstić information content (AvgIpc) is 2.28. The van der Waals surface area contributed by atoms with Crippen molar-refractivity contribution in [3.8, 4) is 0 Å². The average molecular weight is 214 g/mol. The summed E-state index contributed by atoms with van der Waals surface area (Å²) in [6.07, 6.45) is 0. The van der Waals surface area contributed by atoms with Gasteiger partial charge in [0, 0.05) is 32.8 Å². The van der Waals surface area contributed by atoms with Crippen molar-refractivity contribution in [1.82, 2.24) is 10.2 Å². The Bertz CT molecular complexity index is 182. The van der Waals surface area contributed by atoms with E-state index in [0.717, 1.165) is 38.7 Å². The second-order valence-electron chi connectivity index (χ2n) is 5.24. The molecule has 0 amide bonds. The van der Waals surface area contributed by atoms with Gasteiger partial charge in [-0.3, -0.25) is 4.90 Å². The van der Waals surface area contributed by atoms with Crippen LogP contribution in [0.25, 0.3) is 0 Å². The molecular weight excluding hydrogens is 188 g/mol. The normalized spacial score (nSPS) is 25.2. The molecular formula is C12H26N2O. The van der Waals surface area contributed by atoms with Gasteiger partial charge in [-0.15, -0.1) is 0 Å². The Balaban J connectivity index is 2.41. The molecule has 1 atom stereocenters. The molecule has 0 spiro atoms. The molecule has 0 aromatic carbocycles. The highest BCUT2D eigenvalue weighted by molar-refractivity contribution is 4.78. The SMILES string of the molecule is CCOC(C)(C)CN1CCNCC(C)C1.